The van der Waals surface area contributed by atoms with E-state index in [1.807, 2.05) is 13.8 Å². The fourth-order valence-corrected chi connectivity index (χ4v) is 4.12. The monoisotopic (exact) mass is 376 g/mol. The zero-order valence-corrected chi connectivity index (χ0v) is 17.2. The van der Waals surface area contributed by atoms with E-state index >= 15 is 0 Å². The molecule has 0 spiro atoms. The maximum Gasteiger partial charge on any atom is 0.336 e. The van der Waals surface area contributed by atoms with Crippen molar-refractivity contribution in [1.29, 1.82) is 0 Å². The summed E-state index contributed by atoms with van der Waals surface area (Å²) in [6.45, 7) is 13.2. The highest BCUT2D eigenvalue weighted by molar-refractivity contribution is 5.83. The highest BCUT2D eigenvalue weighted by Gasteiger charge is 2.20. The van der Waals surface area contributed by atoms with E-state index in [1.54, 1.807) is 6.07 Å². The van der Waals surface area contributed by atoms with E-state index in [9.17, 15) is 4.79 Å². The van der Waals surface area contributed by atoms with Crippen LogP contribution in [0, 0.1) is 27.7 Å². The molecule has 0 radical (unpaired) electrons. The van der Waals surface area contributed by atoms with Crippen molar-refractivity contribution >= 4 is 16.7 Å². The molecular weight excluding hydrogens is 348 g/mol. The molecule has 0 unspecified atom stereocenters. The topological polar surface area (TPSA) is 36.7 Å². The van der Waals surface area contributed by atoms with Crippen LogP contribution in [0.4, 0.5) is 5.69 Å². The normalized spacial score (nSPS) is 15.4. The second kappa shape index (κ2) is 7.44. The Kier molecular flexibility index (Phi) is 4.98. The van der Waals surface area contributed by atoms with Gasteiger partial charge in [0.1, 0.15) is 5.58 Å². The number of hydrogen-bond donors (Lipinski definition) is 0. The highest BCUT2D eigenvalue weighted by atomic mass is 16.4. The summed E-state index contributed by atoms with van der Waals surface area (Å²) in [6.07, 6.45) is 0. The van der Waals surface area contributed by atoms with Crippen molar-refractivity contribution in [2.24, 2.45) is 0 Å². The van der Waals surface area contributed by atoms with E-state index in [2.05, 4.69) is 54.0 Å². The summed E-state index contributed by atoms with van der Waals surface area (Å²) in [5.74, 6) is 0. The summed E-state index contributed by atoms with van der Waals surface area (Å²) in [7, 11) is 0. The molecule has 28 heavy (non-hydrogen) atoms. The van der Waals surface area contributed by atoms with Gasteiger partial charge in [-0.3, -0.25) is 4.90 Å². The Bertz CT molecular complexity index is 1080. The molecule has 2 aromatic carbocycles. The number of benzene rings is 2. The Morgan fingerprint density at radius 3 is 2.36 bits per heavy atom. The van der Waals surface area contributed by atoms with Gasteiger partial charge in [-0.05, 0) is 61.6 Å². The molecule has 0 atom stereocenters. The molecule has 1 fully saturated rings. The van der Waals surface area contributed by atoms with Gasteiger partial charge in [-0.15, -0.1) is 0 Å². The Morgan fingerprint density at radius 2 is 1.61 bits per heavy atom. The summed E-state index contributed by atoms with van der Waals surface area (Å²) >= 11 is 0. The minimum atomic E-state index is -0.259. The first-order valence-corrected chi connectivity index (χ1v) is 10.0. The third-order valence-corrected chi connectivity index (χ3v) is 6.20. The van der Waals surface area contributed by atoms with Crippen LogP contribution in [-0.2, 0) is 6.54 Å². The lowest BCUT2D eigenvalue weighted by atomic mass is 10.0. The van der Waals surface area contributed by atoms with Crippen LogP contribution >= 0.6 is 0 Å². The molecule has 0 aliphatic carbocycles. The average Bonchev–Trinajstić information content (AvgIpc) is 2.68. The molecule has 1 aliphatic heterocycles. The summed E-state index contributed by atoms with van der Waals surface area (Å²) in [5, 5.41) is 1.06. The van der Waals surface area contributed by atoms with E-state index in [0.717, 1.165) is 60.4 Å². The van der Waals surface area contributed by atoms with Crippen LogP contribution in [-0.4, -0.2) is 31.1 Å². The van der Waals surface area contributed by atoms with E-state index in [1.165, 1.54) is 16.8 Å². The molecule has 0 amide bonds. The van der Waals surface area contributed by atoms with Crippen LogP contribution in [0.15, 0.2) is 45.6 Å². The fraction of sp³-hybridized carbons (Fsp3) is 0.375. The van der Waals surface area contributed by atoms with E-state index in [0.29, 0.717) is 0 Å². The van der Waals surface area contributed by atoms with Gasteiger partial charge in [-0.2, -0.15) is 0 Å². The molecule has 0 saturated carbocycles. The summed E-state index contributed by atoms with van der Waals surface area (Å²) in [6, 6.07) is 12.4. The number of anilines is 1. The number of fused-ring (bicyclic) bond motifs is 1. The molecule has 4 nitrogen and oxygen atoms in total. The van der Waals surface area contributed by atoms with Crippen molar-refractivity contribution in [3.8, 4) is 0 Å². The Morgan fingerprint density at radius 1 is 0.893 bits per heavy atom. The summed E-state index contributed by atoms with van der Waals surface area (Å²) in [5.41, 5.74) is 7.79. The van der Waals surface area contributed by atoms with Gasteiger partial charge < -0.3 is 9.32 Å². The van der Waals surface area contributed by atoms with Crippen molar-refractivity contribution in [3.63, 3.8) is 0 Å². The van der Waals surface area contributed by atoms with Gasteiger partial charge in [0.15, 0.2) is 0 Å². The molecule has 4 heteroatoms. The lowest BCUT2D eigenvalue weighted by Crippen LogP contribution is -2.46. The van der Waals surface area contributed by atoms with Crippen molar-refractivity contribution in [2.45, 2.75) is 34.2 Å². The third-order valence-electron chi connectivity index (χ3n) is 6.20. The van der Waals surface area contributed by atoms with Gasteiger partial charge in [0.05, 0.1) is 0 Å². The van der Waals surface area contributed by atoms with E-state index in [-0.39, 0.29) is 5.63 Å². The zero-order valence-electron chi connectivity index (χ0n) is 17.2. The number of rotatable bonds is 3. The summed E-state index contributed by atoms with van der Waals surface area (Å²) < 4.78 is 5.52. The predicted octanol–water partition coefficient (Wildman–Crippen LogP) is 4.35. The van der Waals surface area contributed by atoms with Gasteiger partial charge in [0.2, 0.25) is 0 Å². The Balaban J connectivity index is 1.53. The van der Waals surface area contributed by atoms with Gasteiger partial charge >= 0.3 is 5.63 Å². The van der Waals surface area contributed by atoms with Crippen LogP contribution in [0.25, 0.3) is 11.0 Å². The number of hydrogen-bond acceptors (Lipinski definition) is 4. The maximum atomic E-state index is 12.1. The molecular formula is C24H28N2O2. The zero-order chi connectivity index (χ0) is 19.8. The van der Waals surface area contributed by atoms with Crippen molar-refractivity contribution in [1.82, 2.24) is 4.90 Å². The third kappa shape index (κ3) is 3.45. The standard InChI is InChI=1S/C24H28N2O2/c1-16-6-5-7-22(18(16)3)26-12-10-25(11-13-26)15-20-14-23(27)28-24-19(4)17(2)8-9-21(20)24/h5-9,14H,10-13,15H2,1-4H3. The molecule has 0 bridgehead atoms. The average molecular weight is 377 g/mol. The molecule has 1 aromatic heterocycles. The minimum absolute atomic E-state index is 0.259. The van der Waals surface area contributed by atoms with Crippen molar-refractivity contribution in [2.75, 3.05) is 31.1 Å². The highest BCUT2D eigenvalue weighted by Crippen LogP contribution is 2.26. The second-order valence-electron chi connectivity index (χ2n) is 7.96. The van der Waals surface area contributed by atoms with Crippen LogP contribution < -0.4 is 10.5 Å². The maximum absolute atomic E-state index is 12.1. The van der Waals surface area contributed by atoms with Crippen LogP contribution in [0.2, 0.25) is 0 Å². The van der Waals surface area contributed by atoms with Crippen LogP contribution in [0.3, 0.4) is 0 Å². The first kappa shape index (κ1) is 18.8. The lowest BCUT2D eigenvalue weighted by Gasteiger charge is -2.37. The van der Waals surface area contributed by atoms with Gasteiger partial charge in [-0.25, -0.2) is 4.79 Å². The fourth-order valence-electron chi connectivity index (χ4n) is 4.12. The van der Waals surface area contributed by atoms with Crippen molar-refractivity contribution in [3.05, 3.63) is 74.6 Å². The number of piperazine rings is 1. The molecule has 1 aliphatic rings. The van der Waals surface area contributed by atoms with Crippen molar-refractivity contribution < 1.29 is 4.42 Å². The quantitative estimate of drug-likeness (QED) is 0.637. The first-order valence-electron chi connectivity index (χ1n) is 10.0. The second-order valence-corrected chi connectivity index (χ2v) is 7.96. The van der Waals surface area contributed by atoms with Gasteiger partial charge in [-0.1, -0.05) is 24.3 Å². The molecule has 3 aromatic rings. The van der Waals surface area contributed by atoms with E-state index in [4.69, 9.17) is 4.42 Å². The molecule has 4 rings (SSSR count). The Labute approximate surface area is 166 Å². The Hall–Kier alpha value is -2.59. The van der Waals surface area contributed by atoms with Crippen LogP contribution in [0.1, 0.15) is 27.8 Å². The van der Waals surface area contributed by atoms with E-state index < -0.39 is 0 Å². The SMILES string of the molecule is Cc1cccc(N2CCN(Cc3cc(=O)oc4c(C)c(C)ccc34)CC2)c1C. The molecule has 0 N–H and O–H groups in total. The van der Waals surface area contributed by atoms with Crippen LogP contribution in [0.5, 0.6) is 0 Å². The number of nitrogens with zero attached hydrogens (tertiary/aromatic N) is 2. The molecule has 146 valence electrons. The summed E-state index contributed by atoms with van der Waals surface area (Å²) in [4.78, 5) is 17.0. The van der Waals surface area contributed by atoms with Gasteiger partial charge in [0.25, 0.3) is 0 Å². The van der Waals surface area contributed by atoms with Gasteiger partial charge in [0, 0.05) is 49.9 Å². The predicted molar refractivity (Wildman–Crippen MR) is 115 cm³/mol. The molecule has 2 heterocycles. The first-order chi connectivity index (χ1) is 13.4. The molecule has 1 saturated heterocycles. The minimum Gasteiger partial charge on any atom is -0.422 e. The smallest absolute Gasteiger partial charge is 0.336 e. The lowest BCUT2D eigenvalue weighted by molar-refractivity contribution is 0.250. The largest absolute Gasteiger partial charge is 0.422 e. The number of aryl methyl sites for hydroxylation is 3.